The Morgan fingerprint density at radius 1 is 0.727 bits per heavy atom. The van der Waals surface area contributed by atoms with Crippen molar-refractivity contribution in [1.29, 1.82) is 0 Å². The maximum atomic E-state index is 11.7. The first-order valence-electron chi connectivity index (χ1n) is 15.6. The normalized spacial score (nSPS) is 11.5. The Bertz CT molecular complexity index is 1580. The highest BCUT2D eigenvalue weighted by Crippen LogP contribution is 2.45. The van der Waals surface area contributed by atoms with Crippen molar-refractivity contribution in [2.24, 2.45) is 0 Å². The number of thiophene rings is 3. The van der Waals surface area contributed by atoms with Crippen molar-refractivity contribution in [2.75, 3.05) is 6.61 Å². The van der Waals surface area contributed by atoms with Crippen LogP contribution in [0.5, 0.6) is 5.75 Å². The van der Waals surface area contributed by atoms with Gasteiger partial charge in [-0.15, -0.1) is 34.0 Å². The molecule has 1 aromatic carbocycles. The van der Waals surface area contributed by atoms with Crippen molar-refractivity contribution in [3.63, 3.8) is 0 Å². The molecular weight excluding hydrogens is 628 g/mol. The quantitative estimate of drug-likeness (QED) is 0.0591. The number of unbranched alkanes of at least 4 members (excludes halogenated alkanes) is 9. The molecule has 0 fully saturated rings. The van der Waals surface area contributed by atoms with Crippen LogP contribution >= 0.6 is 41.6 Å². The number of aliphatic hydroxyl groups is 1. The van der Waals surface area contributed by atoms with Crippen LogP contribution in [0.3, 0.4) is 0 Å². The molecule has 4 aromatic rings. The second-order valence-corrected chi connectivity index (χ2v) is 16.0. The van der Waals surface area contributed by atoms with Crippen LogP contribution in [-0.2, 0) is 11.2 Å². The number of ether oxygens (including phenoxy) is 1. The van der Waals surface area contributed by atoms with Crippen LogP contribution in [0.4, 0.5) is 0 Å². The fourth-order valence-electron chi connectivity index (χ4n) is 4.93. The summed E-state index contributed by atoms with van der Waals surface area (Å²) in [4.78, 5) is 23.9. The molecule has 0 saturated carbocycles. The van der Waals surface area contributed by atoms with Gasteiger partial charge in [-0.3, -0.25) is 4.57 Å². The molecule has 5 nitrogen and oxygen atoms in total. The summed E-state index contributed by atoms with van der Waals surface area (Å²) in [6.07, 6.45) is 12.9. The van der Waals surface area contributed by atoms with E-state index in [1.165, 1.54) is 44.6 Å². The van der Waals surface area contributed by atoms with E-state index in [4.69, 9.17) is 4.74 Å². The van der Waals surface area contributed by atoms with Gasteiger partial charge in [0.2, 0.25) is 0 Å². The van der Waals surface area contributed by atoms with Gasteiger partial charge in [-0.25, -0.2) is 0 Å². The third kappa shape index (κ3) is 9.89. The molecule has 9 heteroatoms. The zero-order chi connectivity index (χ0) is 31.4. The molecule has 0 aliphatic rings. The topological polar surface area (TPSA) is 87.0 Å². The first kappa shape index (κ1) is 34.7. The van der Waals surface area contributed by atoms with Crippen molar-refractivity contribution in [1.82, 2.24) is 0 Å². The van der Waals surface area contributed by atoms with E-state index in [9.17, 15) is 19.5 Å². The number of hydrogen-bond donors (Lipinski definition) is 3. The van der Waals surface area contributed by atoms with Gasteiger partial charge in [0.1, 0.15) is 10.4 Å². The molecule has 0 aliphatic carbocycles. The summed E-state index contributed by atoms with van der Waals surface area (Å²) in [7, 11) is -4.29. The summed E-state index contributed by atoms with van der Waals surface area (Å²) in [5, 5.41) is 10.4. The molecule has 3 heterocycles. The Morgan fingerprint density at radius 2 is 1.36 bits per heavy atom. The van der Waals surface area contributed by atoms with Gasteiger partial charge in [0.05, 0.1) is 18.1 Å². The van der Waals surface area contributed by atoms with Crippen molar-refractivity contribution >= 4 is 46.2 Å². The number of hydrogen-bond acceptors (Lipinski definition) is 6. The number of rotatable bonds is 17. The summed E-state index contributed by atoms with van der Waals surface area (Å²) in [5.41, 5.74) is 2.68. The first-order valence-corrected chi connectivity index (χ1v) is 19.7. The molecule has 0 radical (unpaired) electrons. The largest absolute Gasteiger partial charge is 0.493 e. The van der Waals surface area contributed by atoms with Gasteiger partial charge >= 0.3 is 7.60 Å². The molecule has 0 saturated heterocycles. The second kappa shape index (κ2) is 17.5. The molecule has 0 amide bonds. The van der Waals surface area contributed by atoms with Crippen LogP contribution in [0.1, 0.15) is 94.9 Å². The van der Waals surface area contributed by atoms with Crippen LogP contribution in [0.2, 0.25) is 0 Å². The van der Waals surface area contributed by atoms with E-state index >= 15 is 0 Å². The summed E-state index contributed by atoms with van der Waals surface area (Å²) >= 11 is 4.30. The van der Waals surface area contributed by atoms with E-state index in [1.54, 1.807) is 28.7 Å². The van der Waals surface area contributed by atoms with E-state index in [2.05, 4.69) is 43.9 Å². The molecule has 236 valence electrons. The molecular formula is C35H43O5PS3. The molecule has 0 spiro atoms. The minimum absolute atomic E-state index is 0.0629. The van der Waals surface area contributed by atoms with E-state index in [1.807, 2.05) is 18.2 Å². The predicted molar refractivity (Wildman–Crippen MR) is 188 cm³/mol. The third-order valence-electron chi connectivity index (χ3n) is 7.36. The highest BCUT2D eigenvalue weighted by Gasteiger charge is 2.21. The van der Waals surface area contributed by atoms with Crippen molar-refractivity contribution in [2.45, 2.75) is 91.1 Å². The van der Waals surface area contributed by atoms with Crippen molar-refractivity contribution in [3.05, 3.63) is 59.0 Å². The van der Waals surface area contributed by atoms with Gasteiger partial charge in [-0.1, -0.05) is 77.1 Å². The van der Waals surface area contributed by atoms with E-state index in [0.29, 0.717) is 6.61 Å². The lowest BCUT2D eigenvalue weighted by atomic mass is 10.0. The van der Waals surface area contributed by atoms with Crippen LogP contribution < -0.4 is 9.36 Å². The molecule has 0 aliphatic heterocycles. The first-order chi connectivity index (χ1) is 21.3. The molecule has 3 aromatic heterocycles. The van der Waals surface area contributed by atoms with Crippen molar-refractivity contribution < 1.29 is 24.2 Å². The molecule has 44 heavy (non-hydrogen) atoms. The molecule has 0 bridgehead atoms. The van der Waals surface area contributed by atoms with Gasteiger partial charge in [-0.05, 0) is 66.9 Å². The Kier molecular flexibility index (Phi) is 13.8. The van der Waals surface area contributed by atoms with Gasteiger partial charge in [0, 0.05) is 37.1 Å². The highest BCUT2D eigenvalue weighted by molar-refractivity contribution is 7.67. The zero-order valence-corrected chi connectivity index (χ0v) is 29.0. The van der Waals surface area contributed by atoms with E-state index in [-0.39, 0.29) is 11.2 Å². The summed E-state index contributed by atoms with van der Waals surface area (Å²) < 4.78 is 18.2. The standard InChI is InChI=1S/C35H43O5PS3/c1-3-5-7-9-10-11-12-13-15-27-16-17-31(42-27)28-24-30(40-22-14-8-6-4-2)29(23-26(28)25-36)32-18-19-33(43-32)34-20-21-35(44-34)41(37,38)39/h16-21,23-24,36H,3-12,14,22,25H2,1-2H3,(H2,37,38,39). The summed E-state index contributed by atoms with van der Waals surface area (Å²) in [6, 6.07) is 15.5. The Balaban J connectivity index is 1.58. The van der Waals surface area contributed by atoms with Crippen LogP contribution in [-0.4, -0.2) is 21.5 Å². The fourth-order valence-corrected chi connectivity index (χ4v) is 8.77. The highest BCUT2D eigenvalue weighted by atomic mass is 32.1. The van der Waals surface area contributed by atoms with Gasteiger partial charge in [-0.2, -0.15) is 0 Å². The van der Waals surface area contributed by atoms with E-state index < -0.39 is 7.60 Å². The maximum absolute atomic E-state index is 11.7. The van der Waals surface area contributed by atoms with Crippen molar-refractivity contribution in [3.8, 4) is 48.2 Å². The molecule has 4 rings (SSSR count). The SMILES string of the molecule is CCCCCCCCC#Cc1ccc(-c2cc(OCCCCCC)c(-c3ccc(-c4ccc(P(=O)(O)O)s4)s3)cc2CO)s1. The Hall–Kier alpha value is -2.21. The minimum atomic E-state index is -4.29. The lowest BCUT2D eigenvalue weighted by molar-refractivity contribution is 0.281. The molecule has 3 N–H and O–H groups in total. The maximum Gasteiger partial charge on any atom is 0.366 e. The predicted octanol–water partition coefficient (Wildman–Crippen LogP) is 10.2. The van der Waals surface area contributed by atoms with E-state index in [0.717, 1.165) is 90.3 Å². The summed E-state index contributed by atoms with van der Waals surface area (Å²) in [5.74, 6) is 7.45. The van der Waals surface area contributed by atoms with Crippen LogP contribution in [0, 0.1) is 11.8 Å². The lowest BCUT2D eigenvalue weighted by Crippen LogP contribution is -2.00. The lowest BCUT2D eigenvalue weighted by Gasteiger charge is -2.15. The average molecular weight is 671 g/mol. The minimum Gasteiger partial charge on any atom is -0.493 e. The van der Waals surface area contributed by atoms with Crippen LogP contribution in [0.15, 0.2) is 48.5 Å². The third-order valence-corrected chi connectivity index (χ3v) is 12.3. The monoisotopic (exact) mass is 670 g/mol. The molecule has 0 unspecified atom stereocenters. The number of benzene rings is 1. The average Bonchev–Trinajstić information content (AvgIpc) is 3.79. The smallest absolute Gasteiger partial charge is 0.366 e. The second-order valence-electron chi connectivity index (χ2n) is 10.9. The number of aliphatic hydroxyl groups excluding tert-OH is 1. The van der Waals surface area contributed by atoms with Gasteiger partial charge < -0.3 is 19.6 Å². The summed E-state index contributed by atoms with van der Waals surface area (Å²) in [6.45, 7) is 4.94. The van der Waals surface area contributed by atoms with Crippen LogP contribution in [0.25, 0.3) is 30.6 Å². The Morgan fingerprint density at radius 3 is 2.09 bits per heavy atom. The fraction of sp³-hybridized carbons (Fsp3) is 0.429. The zero-order valence-electron chi connectivity index (χ0n) is 25.6. The van der Waals surface area contributed by atoms with Gasteiger partial charge in [0.25, 0.3) is 0 Å². The van der Waals surface area contributed by atoms with Gasteiger partial charge in [0.15, 0.2) is 0 Å². The molecule has 0 atom stereocenters. The Labute approximate surface area is 274 Å².